The van der Waals surface area contributed by atoms with Gasteiger partial charge in [-0.15, -0.1) is 0 Å². The number of benzene rings is 3. The third-order valence-electron chi connectivity index (χ3n) is 6.06. The van der Waals surface area contributed by atoms with Gasteiger partial charge in [-0.05, 0) is 48.4 Å². The van der Waals surface area contributed by atoms with Gasteiger partial charge in [-0.1, -0.05) is 60.7 Å². The molecule has 1 amide bonds. The average Bonchev–Trinajstić information content (AvgIpc) is 3.16. The minimum Gasteiger partial charge on any atom is -0.490 e. The van der Waals surface area contributed by atoms with Crippen molar-refractivity contribution in [3.8, 4) is 11.5 Å². The van der Waals surface area contributed by atoms with Crippen molar-refractivity contribution in [2.45, 2.75) is 19.5 Å². The van der Waals surface area contributed by atoms with Gasteiger partial charge in [-0.25, -0.2) is 0 Å². The van der Waals surface area contributed by atoms with E-state index in [1.807, 2.05) is 49.4 Å². The van der Waals surface area contributed by atoms with E-state index in [1.165, 1.54) is 0 Å². The van der Waals surface area contributed by atoms with Crippen LogP contribution < -0.4 is 14.9 Å². The molecule has 0 fully saturated rings. The highest BCUT2D eigenvalue weighted by Crippen LogP contribution is 2.42. The minimum atomic E-state index is -0.681. The van der Waals surface area contributed by atoms with Gasteiger partial charge < -0.3 is 18.8 Å². The number of rotatable bonds is 8. The number of carbonyl (C=O) groups excluding carboxylic acids is 1. The molecule has 7 heteroatoms. The van der Waals surface area contributed by atoms with Crippen molar-refractivity contribution in [2.75, 3.05) is 13.2 Å². The summed E-state index contributed by atoms with van der Waals surface area (Å²) < 4.78 is 17.6. The molecule has 6 nitrogen and oxygen atoms in total. The van der Waals surface area contributed by atoms with Gasteiger partial charge in [-0.2, -0.15) is 0 Å². The minimum absolute atomic E-state index is 0.0423. The zero-order chi connectivity index (χ0) is 25.2. The van der Waals surface area contributed by atoms with Gasteiger partial charge in [-0.3, -0.25) is 9.59 Å². The van der Waals surface area contributed by atoms with Crippen LogP contribution in [0, 0.1) is 0 Å². The smallest absolute Gasteiger partial charge is 0.291 e. The Hall–Kier alpha value is -4.03. The molecule has 0 saturated carbocycles. The first-order chi connectivity index (χ1) is 17.5. The zero-order valence-electron chi connectivity index (χ0n) is 19.7. The number of fused-ring (bicyclic) bond motifs is 2. The van der Waals surface area contributed by atoms with Crippen molar-refractivity contribution in [3.05, 3.63) is 117 Å². The lowest BCUT2D eigenvalue weighted by Gasteiger charge is -2.26. The molecule has 1 atom stereocenters. The van der Waals surface area contributed by atoms with Crippen molar-refractivity contribution in [3.63, 3.8) is 0 Å². The molecule has 1 aliphatic rings. The zero-order valence-corrected chi connectivity index (χ0v) is 20.5. The van der Waals surface area contributed by atoms with Crippen LogP contribution in [0.5, 0.6) is 11.5 Å². The Balaban J connectivity index is 1.70. The number of halogens is 1. The topological polar surface area (TPSA) is 69.0 Å². The third-order valence-corrected chi connectivity index (χ3v) is 6.30. The summed E-state index contributed by atoms with van der Waals surface area (Å²) in [5, 5.41) is 0.746. The van der Waals surface area contributed by atoms with E-state index in [0.29, 0.717) is 52.8 Å². The quantitative estimate of drug-likeness (QED) is 0.271. The number of amides is 1. The van der Waals surface area contributed by atoms with Crippen molar-refractivity contribution in [1.82, 2.24) is 4.90 Å². The second-order valence-corrected chi connectivity index (χ2v) is 8.81. The molecule has 0 radical (unpaired) electrons. The Morgan fingerprint density at radius 3 is 2.58 bits per heavy atom. The Labute approximate surface area is 213 Å². The Morgan fingerprint density at radius 1 is 1.03 bits per heavy atom. The van der Waals surface area contributed by atoms with Gasteiger partial charge >= 0.3 is 0 Å². The SMILES string of the molecule is C=CCOc1ccc(C2c3c(oc4ccc(Cl)cc4c3=O)C(=O)N2Cc2ccccc2)cc1OCC. The van der Waals surface area contributed by atoms with Crippen LogP contribution in [-0.4, -0.2) is 24.0 Å². The fourth-order valence-electron chi connectivity index (χ4n) is 4.51. The van der Waals surface area contributed by atoms with E-state index in [0.717, 1.165) is 5.56 Å². The highest BCUT2D eigenvalue weighted by molar-refractivity contribution is 6.31. The molecule has 1 aromatic heterocycles. The Bertz CT molecular complexity index is 1510. The van der Waals surface area contributed by atoms with Crippen molar-refractivity contribution >= 4 is 28.5 Å². The maximum Gasteiger partial charge on any atom is 0.291 e. The molecule has 0 saturated heterocycles. The summed E-state index contributed by atoms with van der Waals surface area (Å²) >= 11 is 6.18. The van der Waals surface area contributed by atoms with E-state index in [4.69, 9.17) is 25.5 Å². The number of ether oxygens (including phenoxy) is 2. The highest BCUT2D eigenvalue weighted by atomic mass is 35.5. The molecule has 36 heavy (non-hydrogen) atoms. The van der Waals surface area contributed by atoms with Gasteiger partial charge in [0.2, 0.25) is 5.76 Å². The predicted molar refractivity (Wildman–Crippen MR) is 139 cm³/mol. The molecule has 0 aliphatic carbocycles. The van der Waals surface area contributed by atoms with Crippen LogP contribution in [0.25, 0.3) is 11.0 Å². The Kier molecular flexibility index (Phi) is 6.53. The summed E-state index contributed by atoms with van der Waals surface area (Å²) in [6.07, 6.45) is 1.65. The summed E-state index contributed by atoms with van der Waals surface area (Å²) in [4.78, 5) is 29.1. The van der Waals surface area contributed by atoms with E-state index in [-0.39, 0.29) is 22.7 Å². The molecule has 1 unspecified atom stereocenters. The molecule has 0 N–H and O–H groups in total. The van der Waals surface area contributed by atoms with Crippen LogP contribution >= 0.6 is 11.6 Å². The highest BCUT2D eigenvalue weighted by Gasteiger charge is 2.43. The molecular formula is C29H24ClNO5. The predicted octanol–water partition coefficient (Wildman–Crippen LogP) is 6.16. The second-order valence-electron chi connectivity index (χ2n) is 8.37. The van der Waals surface area contributed by atoms with Crippen LogP contribution in [0.15, 0.2) is 88.6 Å². The fourth-order valence-corrected chi connectivity index (χ4v) is 4.69. The summed E-state index contributed by atoms with van der Waals surface area (Å²) in [5.41, 5.74) is 1.96. The van der Waals surface area contributed by atoms with Crippen LogP contribution in [0.2, 0.25) is 5.02 Å². The van der Waals surface area contributed by atoms with E-state index < -0.39 is 6.04 Å². The lowest BCUT2D eigenvalue weighted by atomic mass is 9.97. The normalized spacial score (nSPS) is 14.7. The van der Waals surface area contributed by atoms with E-state index in [1.54, 1.807) is 35.2 Å². The molecule has 5 rings (SSSR count). The largest absolute Gasteiger partial charge is 0.490 e. The number of hydrogen-bond donors (Lipinski definition) is 0. The van der Waals surface area contributed by atoms with Crippen LogP contribution in [0.4, 0.5) is 0 Å². The lowest BCUT2D eigenvalue weighted by Crippen LogP contribution is -2.29. The number of carbonyl (C=O) groups is 1. The van der Waals surface area contributed by atoms with E-state index in [2.05, 4.69) is 6.58 Å². The molecule has 1 aliphatic heterocycles. The van der Waals surface area contributed by atoms with Crippen molar-refractivity contribution in [1.29, 1.82) is 0 Å². The lowest BCUT2D eigenvalue weighted by molar-refractivity contribution is 0.0714. The monoisotopic (exact) mass is 501 g/mol. The van der Waals surface area contributed by atoms with Gasteiger partial charge in [0.05, 0.1) is 23.6 Å². The first-order valence-electron chi connectivity index (χ1n) is 11.6. The molecule has 2 heterocycles. The molecule has 4 aromatic rings. The number of hydrogen-bond acceptors (Lipinski definition) is 5. The molecule has 0 bridgehead atoms. The van der Waals surface area contributed by atoms with Gasteiger partial charge in [0.15, 0.2) is 16.9 Å². The van der Waals surface area contributed by atoms with Gasteiger partial charge in [0, 0.05) is 11.6 Å². The van der Waals surface area contributed by atoms with Crippen molar-refractivity contribution in [2.24, 2.45) is 0 Å². The summed E-state index contributed by atoms with van der Waals surface area (Å²) in [5.74, 6) is 0.765. The average molecular weight is 502 g/mol. The molecular weight excluding hydrogens is 478 g/mol. The first kappa shape index (κ1) is 23.7. The van der Waals surface area contributed by atoms with E-state index >= 15 is 0 Å². The molecule has 0 spiro atoms. The molecule has 182 valence electrons. The van der Waals surface area contributed by atoms with Crippen molar-refractivity contribution < 1.29 is 18.7 Å². The fraction of sp³-hybridized carbons (Fsp3) is 0.172. The van der Waals surface area contributed by atoms with Gasteiger partial charge in [0.25, 0.3) is 5.91 Å². The van der Waals surface area contributed by atoms with E-state index in [9.17, 15) is 9.59 Å². The maximum atomic E-state index is 13.8. The standard InChI is InChI=1S/C29H24ClNO5/c1-3-14-35-23-12-10-19(15-24(23)34-4-2)26-25-27(32)21-16-20(30)11-13-22(21)36-28(25)29(33)31(26)17-18-8-6-5-7-9-18/h3,5-13,15-16,26H,1,4,14,17H2,2H3. The van der Waals surface area contributed by atoms with Crippen LogP contribution in [-0.2, 0) is 6.54 Å². The summed E-state index contributed by atoms with van der Waals surface area (Å²) in [6.45, 7) is 6.61. The summed E-state index contributed by atoms with van der Waals surface area (Å²) in [6, 6.07) is 19.2. The van der Waals surface area contributed by atoms with Crippen LogP contribution in [0.1, 0.15) is 40.2 Å². The maximum absolute atomic E-state index is 13.8. The van der Waals surface area contributed by atoms with Gasteiger partial charge in [0.1, 0.15) is 12.2 Å². The third kappa shape index (κ3) is 4.25. The number of nitrogens with zero attached hydrogens (tertiary/aromatic N) is 1. The second kappa shape index (κ2) is 9.91. The first-order valence-corrected chi connectivity index (χ1v) is 12.0. The Morgan fingerprint density at radius 2 is 1.83 bits per heavy atom. The summed E-state index contributed by atoms with van der Waals surface area (Å²) in [7, 11) is 0. The molecule has 3 aromatic carbocycles. The van der Waals surface area contributed by atoms with Crippen LogP contribution in [0.3, 0.4) is 0 Å².